The molecule has 20 heavy (non-hydrogen) atoms. The summed E-state index contributed by atoms with van der Waals surface area (Å²) in [6.45, 7) is 4.69. The minimum atomic E-state index is 0.302. The van der Waals surface area contributed by atoms with E-state index in [0.29, 0.717) is 18.1 Å². The van der Waals surface area contributed by atoms with Crippen LogP contribution >= 0.6 is 0 Å². The van der Waals surface area contributed by atoms with Crippen LogP contribution in [0.15, 0.2) is 18.2 Å². The number of likely N-dealkylation sites (N-methyl/N-ethyl adjacent to an activating group) is 1. The van der Waals surface area contributed by atoms with Crippen LogP contribution in [0.1, 0.15) is 44.2 Å². The highest BCUT2D eigenvalue weighted by atomic mass is 16.5. The van der Waals surface area contributed by atoms with Gasteiger partial charge in [0, 0.05) is 6.04 Å². The Hall–Kier alpha value is -1.02. The molecule has 0 bridgehead atoms. The molecule has 1 fully saturated rings. The van der Waals surface area contributed by atoms with Gasteiger partial charge in [0.1, 0.15) is 11.9 Å². The minimum Gasteiger partial charge on any atom is -0.489 e. The first-order valence-corrected chi connectivity index (χ1v) is 8.13. The van der Waals surface area contributed by atoms with Crippen LogP contribution in [0.5, 0.6) is 5.75 Å². The zero-order chi connectivity index (χ0) is 14.1. The maximum absolute atomic E-state index is 6.38. The van der Waals surface area contributed by atoms with Crippen molar-refractivity contribution in [1.82, 2.24) is 5.32 Å². The average Bonchev–Trinajstić information content (AvgIpc) is 2.89. The van der Waals surface area contributed by atoms with Gasteiger partial charge < -0.3 is 10.1 Å². The Labute approximate surface area is 122 Å². The van der Waals surface area contributed by atoms with Crippen molar-refractivity contribution >= 4 is 0 Å². The first kappa shape index (κ1) is 13.9. The van der Waals surface area contributed by atoms with Crippen LogP contribution in [0, 0.1) is 11.8 Å². The molecule has 2 heteroatoms. The Morgan fingerprint density at radius 3 is 2.70 bits per heavy atom. The van der Waals surface area contributed by atoms with Crippen LogP contribution in [0.25, 0.3) is 0 Å². The normalized spacial score (nSPS) is 33.0. The smallest absolute Gasteiger partial charge is 0.120 e. The molecule has 2 nitrogen and oxygen atoms in total. The van der Waals surface area contributed by atoms with Crippen molar-refractivity contribution in [3.05, 3.63) is 29.3 Å². The van der Waals surface area contributed by atoms with Gasteiger partial charge in [0.05, 0.1) is 0 Å². The van der Waals surface area contributed by atoms with Crippen molar-refractivity contribution in [1.29, 1.82) is 0 Å². The van der Waals surface area contributed by atoms with Gasteiger partial charge in [-0.3, -0.25) is 0 Å². The van der Waals surface area contributed by atoms with Crippen LogP contribution in [0.2, 0.25) is 0 Å². The summed E-state index contributed by atoms with van der Waals surface area (Å²) in [5, 5.41) is 3.46. The molecule has 0 aromatic heterocycles. The second-order valence-electron chi connectivity index (χ2n) is 6.82. The molecule has 1 N–H and O–H groups in total. The van der Waals surface area contributed by atoms with Crippen LogP contribution in [0.4, 0.5) is 0 Å². The summed E-state index contributed by atoms with van der Waals surface area (Å²) in [5.41, 5.74) is 3.02. The van der Waals surface area contributed by atoms with Gasteiger partial charge in [-0.1, -0.05) is 19.9 Å². The standard InChI is InChI=1S/C18H27NO/c1-12-9-13(2)18(17(10-12)19-3)20-16-8-7-14-5-4-6-15(14)11-16/h7-8,11-13,17-19H,4-6,9-10H2,1-3H3. The Kier molecular flexibility index (Phi) is 4.02. The number of nitrogens with one attached hydrogen (secondary N) is 1. The van der Waals surface area contributed by atoms with Gasteiger partial charge in [-0.25, -0.2) is 0 Å². The molecule has 3 rings (SSSR count). The third kappa shape index (κ3) is 2.71. The number of ether oxygens (including phenoxy) is 1. The van der Waals surface area contributed by atoms with E-state index < -0.39 is 0 Å². The zero-order valence-corrected chi connectivity index (χ0v) is 13.0. The second kappa shape index (κ2) is 5.77. The molecular formula is C18H27NO. The molecular weight excluding hydrogens is 246 g/mol. The number of aryl methyl sites for hydroxylation is 2. The lowest BCUT2D eigenvalue weighted by atomic mass is 9.78. The lowest BCUT2D eigenvalue weighted by Crippen LogP contribution is -2.49. The topological polar surface area (TPSA) is 21.3 Å². The highest BCUT2D eigenvalue weighted by Gasteiger charge is 2.34. The molecule has 1 saturated carbocycles. The van der Waals surface area contributed by atoms with E-state index in [9.17, 15) is 0 Å². The van der Waals surface area contributed by atoms with E-state index in [-0.39, 0.29) is 0 Å². The summed E-state index contributed by atoms with van der Waals surface area (Å²) < 4.78 is 6.38. The molecule has 110 valence electrons. The van der Waals surface area contributed by atoms with E-state index in [1.807, 2.05) is 0 Å². The molecule has 2 aliphatic carbocycles. The molecule has 4 atom stereocenters. The maximum Gasteiger partial charge on any atom is 0.120 e. The highest BCUT2D eigenvalue weighted by Crippen LogP contribution is 2.33. The molecule has 0 heterocycles. The monoisotopic (exact) mass is 273 g/mol. The Bertz CT molecular complexity index is 470. The lowest BCUT2D eigenvalue weighted by Gasteiger charge is -2.39. The van der Waals surface area contributed by atoms with E-state index in [0.717, 1.165) is 11.7 Å². The third-order valence-corrected chi connectivity index (χ3v) is 5.10. The van der Waals surface area contributed by atoms with Gasteiger partial charge in [-0.05, 0) is 74.2 Å². The summed E-state index contributed by atoms with van der Waals surface area (Å²) in [6, 6.07) is 7.19. The summed E-state index contributed by atoms with van der Waals surface area (Å²) in [6.07, 6.45) is 6.56. The fourth-order valence-electron chi connectivity index (χ4n) is 4.09. The van der Waals surface area contributed by atoms with E-state index >= 15 is 0 Å². The second-order valence-corrected chi connectivity index (χ2v) is 6.82. The molecule has 0 spiro atoms. The first-order chi connectivity index (χ1) is 9.67. The molecule has 1 aromatic carbocycles. The number of rotatable bonds is 3. The van der Waals surface area contributed by atoms with Crippen LogP contribution in [0.3, 0.4) is 0 Å². The Morgan fingerprint density at radius 2 is 1.90 bits per heavy atom. The van der Waals surface area contributed by atoms with Gasteiger partial charge in [-0.15, -0.1) is 0 Å². The summed E-state index contributed by atoms with van der Waals surface area (Å²) in [5.74, 6) is 2.48. The quantitative estimate of drug-likeness (QED) is 0.909. The van der Waals surface area contributed by atoms with Gasteiger partial charge in [-0.2, -0.15) is 0 Å². The molecule has 1 aromatic rings. The molecule has 2 aliphatic rings. The molecule has 0 radical (unpaired) electrons. The van der Waals surface area contributed by atoms with Gasteiger partial charge in [0.2, 0.25) is 0 Å². The lowest BCUT2D eigenvalue weighted by molar-refractivity contribution is 0.0506. The van der Waals surface area contributed by atoms with Crippen molar-refractivity contribution in [2.45, 2.75) is 58.1 Å². The fourth-order valence-corrected chi connectivity index (χ4v) is 4.09. The van der Waals surface area contributed by atoms with Gasteiger partial charge in [0.25, 0.3) is 0 Å². The van der Waals surface area contributed by atoms with Crippen LogP contribution < -0.4 is 10.1 Å². The van der Waals surface area contributed by atoms with Crippen molar-refractivity contribution in [3.8, 4) is 5.75 Å². The largest absolute Gasteiger partial charge is 0.489 e. The van der Waals surface area contributed by atoms with Crippen molar-refractivity contribution in [3.63, 3.8) is 0 Å². The zero-order valence-electron chi connectivity index (χ0n) is 13.0. The van der Waals surface area contributed by atoms with Crippen molar-refractivity contribution < 1.29 is 4.74 Å². The predicted molar refractivity (Wildman–Crippen MR) is 83.3 cm³/mol. The Morgan fingerprint density at radius 1 is 1.10 bits per heavy atom. The van der Waals surface area contributed by atoms with Gasteiger partial charge in [0.15, 0.2) is 0 Å². The van der Waals surface area contributed by atoms with Crippen LogP contribution in [-0.4, -0.2) is 19.2 Å². The van der Waals surface area contributed by atoms with E-state index in [1.165, 1.54) is 43.2 Å². The minimum absolute atomic E-state index is 0.302. The predicted octanol–water partition coefficient (Wildman–Crippen LogP) is 3.58. The summed E-state index contributed by atoms with van der Waals surface area (Å²) in [7, 11) is 2.06. The van der Waals surface area contributed by atoms with Crippen molar-refractivity contribution in [2.75, 3.05) is 7.05 Å². The fraction of sp³-hybridized carbons (Fsp3) is 0.667. The van der Waals surface area contributed by atoms with E-state index in [1.54, 1.807) is 0 Å². The van der Waals surface area contributed by atoms with E-state index in [2.05, 4.69) is 44.4 Å². The molecule has 0 amide bonds. The first-order valence-electron chi connectivity index (χ1n) is 8.13. The van der Waals surface area contributed by atoms with Crippen LogP contribution in [-0.2, 0) is 12.8 Å². The summed E-state index contributed by atoms with van der Waals surface area (Å²) >= 11 is 0. The number of fused-ring (bicyclic) bond motifs is 1. The molecule has 0 saturated heterocycles. The van der Waals surface area contributed by atoms with Gasteiger partial charge >= 0.3 is 0 Å². The number of hydrogen-bond acceptors (Lipinski definition) is 2. The summed E-state index contributed by atoms with van der Waals surface area (Å²) in [4.78, 5) is 0. The number of benzene rings is 1. The third-order valence-electron chi connectivity index (χ3n) is 5.10. The van der Waals surface area contributed by atoms with Crippen molar-refractivity contribution in [2.24, 2.45) is 11.8 Å². The number of hydrogen-bond donors (Lipinski definition) is 1. The van der Waals surface area contributed by atoms with E-state index in [4.69, 9.17) is 4.74 Å². The highest BCUT2D eigenvalue weighted by molar-refractivity contribution is 5.38. The average molecular weight is 273 g/mol. The Balaban J connectivity index is 1.75. The maximum atomic E-state index is 6.38. The SMILES string of the molecule is CNC1CC(C)CC(C)C1Oc1ccc2c(c1)CCC2. The molecule has 4 unspecified atom stereocenters. The molecule has 0 aliphatic heterocycles.